The monoisotopic (exact) mass is 249 g/mol. The van der Waals surface area contributed by atoms with Crippen LogP contribution in [-0.2, 0) is 6.42 Å². The lowest BCUT2D eigenvalue weighted by Gasteiger charge is -2.26. The van der Waals surface area contributed by atoms with Crippen LogP contribution in [0.3, 0.4) is 0 Å². The third-order valence-corrected chi connectivity index (χ3v) is 3.93. The van der Waals surface area contributed by atoms with Crippen molar-refractivity contribution in [2.45, 2.75) is 26.2 Å². The third kappa shape index (κ3) is 2.61. The molecule has 100 valence electrons. The number of benzene rings is 1. The maximum Gasteiger partial charge on any atom is 0.142 e. The number of nitrogens with zero attached hydrogens (tertiary/aromatic N) is 1. The Hall–Kier alpha value is -1.22. The van der Waals surface area contributed by atoms with Crippen molar-refractivity contribution >= 4 is 5.69 Å². The van der Waals surface area contributed by atoms with E-state index < -0.39 is 0 Å². The maximum atomic E-state index is 9.42. The summed E-state index contributed by atoms with van der Waals surface area (Å²) in [6.07, 6.45) is 3.28. The van der Waals surface area contributed by atoms with Crippen molar-refractivity contribution < 1.29 is 9.84 Å². The molecular weight excluding hydrogens is 226 g/mol. The number of aliphatic hydroxyl groups is 1. The molecule has 0 atom stereocenters. The predicted octanol–water partition coefficient (Wildman–Crippen LogP) is 2.47. The molecule has 0 spiro atoms. The molecule has 1 saturated carbocycles. The van der Waals surface area contributed by atoms with Crippen molar-refractivity contribution in [1.82, 2.24) is 0 Å². The second-order valence-corrected chi connectivity index (χ2v) is 5.37. The highest BCUT2D eigenvalue weighted by atomic mass is 16.5. The van der Waals surface area contributed by atoms with E-state index in [1.54, 1.807) is 7.11 Å². The first kappa shape index (κ1) is 13.2. The first-order valence-electron chi connectivity index (χ1n) is 6.63. The Morgan fingerprint density at radius 1 is 1.39 bits per heavy atom. The van der Waals surface area contributed by atoms with Gasteiger partial charge < -0.3 is 14.7 Å². The second kappa shape index (κ2) is 5.19. The first-order valence-corrected chi connectivity index (χ1v) is 6.63. The van der Waals surface area contributed by atoms with Gasteiger partial charge in [0.05, 0.1) is 19.4 Å². The van der Waals surface area contributed by atoms with E-state index in [1.807, 2.05) is 6.07 Å². The summed E-state index contributed by atoms with van der Waals surface area (Å²) in [6.45, 7) is 3.34. The summed E-state index contributed by atoms with van der Waals surface area (Å²) in [5.74, 6) is 0.906. The highest BCUT2D eigenvalue weighted by Gasteiger charge is 2.43. The lowest BCUT2D eigenvalue weighted by atomic mass is 10.1. The van der Waals surface area contributed by atoms with E-state index >= 15 is 0 Å². The van der Waals surface area contributed by atoms with Crippen LogP contribution in [0, 0.1) is 5.41 Å². The average Bonchev–Trinajstić information content (AvgIpc) is 3.18. The van der Waals surface area contributed by atoms with E-state index in [2.05, 4.69) is 31.0 Å². The Labute approximate surface area is 109 Å². The highest BCUT2D eigenvalue weighted by molar-refractivity contribution is 5.60. The van der Waals surface area contributed by atoms with Gasteiger partial charge in [-0.05, 0) is 37.0 Å². The van der Waals surface area contributed by atoms with Gasteiger partial charge in [-0.15, -0.1) is 0 Å². The minimum absolute atomic E-state index is 0.127. The smallest absolute Gasteiger partial charge is 0.142 e. The van der Waals surface area contributed by atoms with Gasteiger partial charge in [0, 0.05) is 19.0 Å². The second-order valence-electron chi connectivity index (χ2n) is 5.37. The van der Waals surface area contributed by atoms with E-state index in [0.717, 1.165) is 37.2 Å². The van der Waals surface area contributed by atoms with Crippen LogP contribution in [0.15, 0.2) is 18.2 Å². The Kier molecular flexibility index (Phi) is 3.81. The number of hydrogen-bond acceptors (Lipinski definition) is 3. The summed E-state index contributed by atoms with van der Waals surface area (Å²) < 4.78 is 5.43. The largest absolute Gasteiger partial charge is 0.495 e. The van der Waals surface area contributed by atoms with Gasteiger partial charge >= 0.3 is 0 Å². The fraction of sp³-hybridized carbons (Fsp3) is 0.600. The molecule has 0 bridgehead atoms. The summed E-state index contributed by atoms with van der Waals surface area (Å²) >= 11 is 0. The molecule has 1 aromatic carbocycles. The van der Waals surface area contributed by atoms with Gasteiger partial charge in [0.2, 0.25) is 0 Å². The van der Waals surface area contributed by atoms with Crippen LogP contribution in [0.5, 0.6) is 5.75 Å². The molecule has 0 saturated heterocycles. The zero-order valence-corrected chi connectivity index (χ0v) is 11.6. The van der Waals surface area contributed by atoms with E-state index in [0.29, 0.717) is 0 Å². The standard InChI is InChI=1S/C15H23NO2/c1-4-12-5-6-14(18-3)13(9-12)16(2)10-15(11-17)7-8-15/h5-6,9,17H,4,7-8,10-11H2,1-3H3. The molecule has 1 aliphatic rings. The van der Waals surface area contributed by atoms with Gasteiger partial charge in [0.15, 0.2) is 0 Å². The molecule has 1 aromatic rings. The molecule has 2 rings (SSSR count). The molecule has 3 heteroatoms. The first-order chi connectivity index (χ1) is 8.64. The molecule has 0 aromatic heterocycles. The molecule has 1 fully saturated rings. The van der Waals surface area contributed by atoms with Gasteiger partial charge in [-0.1, -0.05) is 13.0 Å². The SMILES string of the molecule is CCc1ccc(OC)c(N(C)CC2(CO)CC2)c1. The molecule has 3 nitrogen and oxygen atoms in total. The molecule has 0 amide bonds. The fourth-order valence-electron chi connectivity index (χ4n) is 2.39. The minimum atomic E-state index is 0.127. The molecule has 0 radical (unpaired) electrons. The fourth-order valence-corrected chi connectivity index (χ4v) is 2.39. The van der Waals surface area contributed by atoms with Crippen molar-refractivity contribution in [3.8, 4) is 5.75 Å². The van der Waals surface area contributed by atoms with Crippen molar-refractivity contribution in [2.75, 3.05) is 32.2 Å². The summed E-state index contributed by atoms with van der Waals surface area (Å²) in [4.78, 5) is 2.21. The Morgan fingerprint density at radius 3 is 2.61 bits per heavy atom. The van der Waals surface area contributed by atoms with Gasteiger partial charge in [-0.25, -0.2) is 0 Å². The number of aliphatic hydroxyl groups excluding tert-OH is 1. The van der Waals surface area contributed by atoms with E-state index in [4.69, 9.17) is 4.74 Å². The van der Waals surface area contributed by atoms with Crippen LogP contribution in [0.1, 0.15) is 25.3 Å². The highest BCUT2D eigenvalue weighted by Crippen LogP contribution is 2.46. The van der Waals surface area contributed by atoms with Crippen molar-refractivity contribution in [3.05, 3.63) is 23.8 Å². The van der Waals surface area contributed by atoms with Crippen molar-refractivity contribution in [2.24, 2.45) is 5.41 Å². The normalized spacial score (nSPS) is 16.4. The zero-order chi connectivity index (χ0) is 13.2. The quantitative estimate of drug-likeness (QED) is 0.840. The molecule has 0 heterocycles. The topological polar surface area (TPSA) is 32.7 Å². The Bertz CT molecular complexity index is 413. The zero-order valence-electron chi connectivity index (χ0n) is 11.6. The Morgan fingerprint density at radius 2 is 2.11 bits per heavy atom. The van der Waals surface area contributed by atoms with Gasteiger partial charge in [-0.2, -0.15) is 0 Å². The molecule has 0 unspecified atom stereocenters. The number of hydrogen-bond donors (Lipinski definition) is 1. The number of anilines is 1. The lowest BCUT2D eigenvalue weighted by Crippen LogP contribution is -2.29. The number of methoxy groups -OCH3 is 1. The summed E-state index contributed by atoms with van der Waals surface area (Å²) in [5.41, 5.74) is 2.56. The van der Waals surface area contributed by atoms with Crippen LogP contribution < -0.4 is 9.64 Å². The van der Waals surface area contributed by atoms with Gasteiger partial charge in [0.1, 0.15) is 5.75 Å². The molecule has 1 aliphatic carbocycles. The summed E-state index contributed by atoms with van der Waals surface area (Å²) in [5, 5.41) is 9.42. The number of aryl methyl sites for hydroxylation is 1. The summed E-state index contributed by atoms with van der Waals surface area (Å²) in [7, 11) is 3.78. The molecule has 18 heavy (non-hydrogen) atoms. The van der Waals surface area contributed by atoms with Crippen LogP contribution in [0.4, 0.5) is 5.69 Å². The molecular formula is C15H23NO2. The molecule has 0 aliphatic heterocycles. The Balaban J connectivity index is 2.19. The van der Waals surface area contributed by atoms with Crippen molar-refractivity contribution in [3.63, 3.8) is 0 Å². The van der Waals surface area contributed by atoms with E-state index in [-0.39, 0.29) is 12.0 Å². The van der Waals surface area contributed by atoms with Crippen LogP contribution in [-0.4, -0.2) is 32.4 Å². The van der Waals surface area contributed by atoms with Crippen molar-refractivity contribution in [1.29, 1.82) is 0 Å². The van der Waals surface area contributed by atoms with Crippen LogP contribution in [0.2, 0.25) is 0 Å². The molecule has 1 N–H and O–H groups in total. The predicted molar refractivity (Wildman–Crippen MR) is 74.4 cm³/mol. The minimum Gasteiger partial charge on any atom is -0.495 e. The summed E-state index contributed by atoms with van der Waals surface area (Å²) in [6, 6.07) is 6.32. The lowest BCUT2D eigenvalue weighted by molar-refractivity contribution is 0.215. The van der Waals surface area contributed by atoms with Crippen LogP contribution >= 0.6 is 0 Å². The van der Waals surface area contributed by atoms with Gasteiger partial charge in [0.25, 0.3) is 0 Å². The van der Waals surface area contributed by atoms with E-state index in [1.165, 1.54) is 5.56 Å². The maximum absolute atomic E-state index is 9.42. The number of ether oxygens (including phenoxy) is 1. The van der Waals surface area contributed by atoms with Gasteiger partial charge in [-0.3, -0.25) is 0 Å². The van der Waals surface area contributed by atoms with E-state index in [9.17, 15) is 5.11 Å². The van der Waals surface area contributed by atoms with Crippen LogP contribution in [0.25, 0.3) is 0 Å². The average molecular weight is 249 g/mol. The third-order valence-electron chi connectivity index (χ3n) is 3.93. The number of rotatable bonds is 6.